The monoisotopic (exact) mass is 176 g/mol. The van der Waals surface area contributed by atoms with E-state index in [1.165, 1.54) is 32.1 Å². The van der Waals surface area contributed by atoms with Crippen LogP contribution >= 0.6 is 0 Å². The summed E-state index contributed by atoms with van der Waals surface area (Å²) in [5.41, 5.74) is 3.12. The van der Waals surface area contributed by atoms with Crippen molar-refractivity contribution in [2.45, 2.75) is 46.0 Å². The molecule has 13 heavy (non-hydrogen) atoms. The summed E-state index contributed by atoms with van der Waals surface area (Å²) in [6, 6.07) is 0. The molecule has 1 rings (SSSR count). The highest BCUT2D eigenvalue weighted by atomic mass is 14.1. The third-order valence-corrected chi connectivity index (χ3v) is 2.64. The highest BCUT2D eigenvalue weighted by Crippen LogP contribution is 2.27. The molecule has 0 heterocycles. The molecule has 0 aliphatic heterocycles. The van der Waals surface area contributed by atoms with Crippen molar-refractivity contribution in [1.82, 2.24) is 0 Å². The van der Waals surface area contributed by atoms with Crippen molar-refractivity contribution in [1.29, 1.82) is 0 Å². The Labute approximate surface area is 82.0 Å². The average molecular weight is 176 g/mol. The number of allylic oxidation sites excluding steroid dienone is 6. The first kappa shape index (κ1) is 10.3. The molecule has 0 saturated heterocycles. The Morgan fingerprint density at radius 2 is 1.62 bits per heavy atom. The zero-order valence-corrected chi connectivity index (χ0v) is 8.84. The van der Waals surface area contributed by atoms with Crippen LogP contribution in [0.15, 0.2) is 35.5 Å². The molecular formula is C13H20. The van der Waals surface area contributed by atoms with Crippen molar-refractivity contribution in [3.63, 3.8) is 0 Å². The maximum atomic E-state index is 2.28. The second-order valence-electron chi connectivity index (χ2n) is 3.59. The fourth-order valence-electron chi connectivity index (χ4n) is 1.86. The summed E-state index contributed by atoms with van der Waals surface area (Å²) in [6.07, 6.45) is 15.5. The van der Waals surface area contributed by atoms with Gasteiger partial charge in [0.05, 0.1) is 0 Å². The molecule has 1 fully saturated rings. The maximum Gasteiger partial charge on any atom is -0.0276 e. The van der Waals surface area contributed by atoms with Gasteiger partial charge in [0.15, 0.2) is 0 Å². The molecule has 0 nitrogen and oxygen atoms in total. The number of hydrogen-bond acceptors (Lipinski definition) is 0. The third kappa shape index (κ3) is 3.22. The smallest absolute Gasteiger partial charge is 0.0276 e. The lowest BCUT2D eigenvalue weighted by Gasteiger charge is -2.05. The molecule has 1 aliphatic carbocycles. The molecule has 1 saturated carbocycles. The standard InChI is InChI=1S/C13H20/c1-3-5-9-13-11-8-6-7-10-12(13)4-2/h3-5,9H,6-8,10-11H2,1-2H3/b5-3-,12-4-,13-9-. The van der Waals surface area contributed by atoms with Gasteiger partial charge in [-0.15, -0.1) is 0 Å². The van der Waals surface area contributed by atoms with Crippen LogP contribution in [0.25, 0.3) is 0 Å². The summed E-state index contributed by atoms with van der Waals surface area (Å²) in [6.45, 7) is 4.23. The van der Waals surface area contributed by atoms with E-state index in [0.717, 1.165) is 0 Å². The van der Waals surface area contributed by atoms with Crippen molar-refractivity contribution < 1.29 is 0 Å². The van der Waals surface area contributed by atoms with Crippen molar-refractivity contribution in [3.8, 4) is 0 Å². The van der Waals surface area contributed by atoms with Crippen molar-refractivity contribution in [3.05, 3.63) is 35.5 Å². The van der Waals surface area contributed by atoms with Crippen LogP contribution in [0.5, 0.6) is 0 Å². The molecule has 72 valence electrons. The van der Waals surface area contributed by atoms with Gasteiger partial charge in [0.2, 0.25) is 0 Å². The minimum absolute atomic E-state index is 1.27. The van der Waals surface area contributed by atoms with Crippen LogP contribution in [-0.4, -0.2) is 0 Å². The van der Waals surface area contributed by atoms with E-state index in [0.29, 0.717) is 0 Å². The van der Waals surface area contributed by atoms with Crippen LogP contribution in [0.3, 0.4) is 0 Å². The fraction of sp³-hybridized carbons (Fsp3) is 0.538. The van der Waals surface area contributed by atoms with Gasteiger partial charge in [-0.1, -0.05) is 30.7 Å². The Morgan fingerprint density at radius 3 is 2.23 bits per heavy atom. The van der Waals surface area contributed by atoms with Crippen LogP contribution in [0.2, 0.25) is 0 Å². The highest BCUT2D eigenvalue weighted by molar-refractivity contribution is 5.33. The zero-order chi connectivity index (χ0) is 9.52. The predicted octanol–water partition coefficient (Wildman–Crippen LogP) is 4.40. The van der Waals surface area contributed by atoms with E-state index < -0.39 is 0 Å². The van der Waals surface area contributed by atoms with E-state index >= 15 is 0 Å². The molecule has 0 radical (unpaired) electrons. The minimum atomic E-state index is 1.27. The zero-order valence-electron chi connectivity index (χ0n) is 8.84. The molecule has 0 amide bonds. The molecule has 0 heteroatoms. The first-order valence-corrected chi connectivity index (χ1v) is 5.36. The molecule has 0 N–H and O–H groups in total. The van der Waals surface area contributed by atoms with Gasteiger partial charge >= 0.3 is 0 Å². The Balaban J connectivity index is 2.76. The van der Waals surface area contributed by atoms with E-state index in [1.54, 1.807) is 11.1 Å². The van der Waals surface area contributed by atoms with Crippen LogP contribution in [0.1, 0.15) is 46.0 Å². The summed E-state index contributed by atoms with van der Waals surface area (Å²) in [7, 11) is 0. The summed E-state index contributed by atoms with van der Waals surface area (Å²) >= 11 is 0. The Morgan fingerprint density at radius 1 is 0.923 bits per heavy atom. The van der Waals surface area contributed by atoms with Crippen LogP contribution in [0.4, 0.5) is 0 Å². The first-order chi connectivity index (χ1) is 6.38. The molecule has 0 atom stereocenters. The molecule has 0 aromatic carbocycles. The van der Waals surface area contributed by atoms with Gasteiger partial charge in [-0.2, -0.15) is 0 Å². The highest BCUT2D eigenvalue weighted by Gasteiger charge is 2.07. The van der Waals surface area contributed by atoms with Gasteiger partial charge in [0, 0.05) is 0 Å². The Kier molecular flexibility index (Phi) is 4.59. The van der Waals surface area contributed by atoms with E-state index in [1.807, 2.05) is 0 Å². The van der Waals surface area contributed by atoms with Crippen molar-refractivity contribution in [2.75, 3.05) is 0 Å². The van der Waals surface area contributed by atoms with Gasteiger partial charge in [0.1, 0.15) is 0 Å². The largest absolute Gasteiger partial charge is 0.0877 e. The second kappa shape index (κ2) is 5.80. The Hall–Kier alpha value is -0.780. The van der Waals surface area contributed by atoms with Gasteiger partial charge in [-0.05, 0) is 50.7 Å². The molecule has 0 unspecified atom stereocenters. The Bertz CT molecular complexity index is 228. The molecule has 1 aliphatic rings. The second-order valence-corrected chi connectivity index (χ2v) is 3.59. The quantitative estimate of drug-likeness (QED) is 0.519. The summed E-state index contributed by atoms with van der Waals surface area (Å²) < 4.78 is 0. The lowest BCUT2D eigenvalue weighted by Crippen LogP contribution is -1.85. The molecular weight excluding hydrogens is 156 g/mol. The minimum Gasteiger partial charge on any atom is -0.0877 e. The van der Waals surface area contributed by atoms with Gasteiger partial charge in [-0.25, -0.2) is 0 Å². The SMILES string of the molecule is C\C=C/C=C1/CCCCC/C1=C/C. The summed E-state index contributed by atoms with van der Waals surface area (Å²) in [5.74, 6) is 0. The van der Waals surface area contributed by atoms with Crippen LogP contribution in [0, 0.1) is 0 Å². The van der Waals surface area contributed by atoms with Gasteiger partial charge in [0.25, 0.3) is 0 Å². The molecule has 0 aromatic rings. The number of rotatable bonds is 1. The fourth-order valence-corrected chi connectivity index (χ4v) is 1.86. The van der Waals surface area contributed by atoms with E-state index in [4.69, 9.17) is 0 Å². The van der Waals surface area contributed by atoms with E-state index in [9.17, 15) is 0 Å². The van der Waals surface area contributed by atoms with Crippen molar-refractivity contribution >= 4 is 0 Å². The van der Waals surface area contributed by atoms with E-state index in [2.05, 4.69) is 38.2 Å². The predicted molar refractivity (Wildman–Crippen MR) is 59.7 cm³/mol. The maximum absolute atomic E-state index is 2.28. The summed E-state index contributed by atoms with van der Waals surface area (Å²) in [5, 5.41) is 0. The van der Waals surface area contributed by atoms with Gasteiger partial charge < -0.3 is 0 Å². The average Bonchev–Trinajstić information content (AvgIpc) is 2.39. The lowest BCUT2D eigenvalue weighted by atomic mass is 10.0. The number of hydrogen-bond donors (Lipinski definition) is 0. The topological polar surface area (TPSA) is 0 Å². The van der Waals surface area contributed by atoms with Crippen molar-refractivity contribution in [2.24, 2.45) is 0 Å². The molecule has 0 bridgehead atoms. The molecule has 0 spiro atoms. The van der Waals surface area contributed by atoms with E-state index in [-0.39, 0.29) is 0 Å². The van der Waals surface area contributed by atoms with Gasteiger partial charge in [-0.3, -0.25) is 0 Å². The summed E-state index contributed by atoms with van der Waals surface area (Å²) in [4.78, 5) is 0. The molecule has 0 aromatic heterocycles. The normalized spacial score (nSPS) is 25.7. The lowest BCUT2D eigenvalue weighted by molar-refractivity contribution is 0.719. The third-order valence-electron chi connectivity index (χ3n) is 2.64. The van der Waals surface area contributed by atoms with Crippen LogP contribution in [-0.2, 0) is 0 Å². The first-order valence-electron chi connectivity index (χ1n) is 5.36. The van der Waals surface area contributed by atoms with Crippen LogP contribution < -0.4 is 0 Å².